The topological polar surface area (TPSA) is 88.9 Å². The zero-order valence-electron chi connectivity index (χ0n) is 16.1. The fourth-order valence-electron chi connectivity index (χ4n) is 3.46. The molecule has 28 heavy (non-hydrogen) atoms. The molecule has 8 nitrogen and oxygen atoms in total. The summed E-state index contributed by atoms with van der Waals surface area (Å²) < 4.78 is 10.9. The minimum Gasteiger partial charge on any atom is -0.496 e. The van der Waals surface area contributed by atoms with E-state index < -0.39 is 0 Å². The minimum atomic E-state index is -0.00320. The van der Waals surface area contributed by atoms with Gasteiger partial charge in [-0.05, 0) is 12.1 Å². The van der Waals surface area contributed by atoms with Crippen molar-refractivity contribution in [1.82, 2.24) is 14.9 Å². The number of carbonyl (C=O) groups is 1. The number of hydrogen-bond acceptors (Lipinski definition) is 7. The molecule has 1 aromatic heterocycles. The van der Waals surface area contributed by atoms with Crippen molar-refractivity contribution in [2.75, 3.05) is 45.8 Å². The Labute approximate surface area is 163 Å². The van der Waals surface area contributed by atoms with E-state index >= 15 is 0 Å². The van der Waals surface area contributed by atoms with Gasteiger partial charge >= 0.3 is 0 Å². The van der Waals surface area contributed by atoms with Crippen LogP contribution in [0.1, 0.15) is 33.0 Å². The van der Waals surface area contributed by atoms with Crippen LogP contribution < -0.4 is 10.1 Å². The summed E-state index contributed by atoms with van der Waals surface area (Å²) in [7, 11) is 3.45. The van der Waals surface area contributed by atoms with E-state index in [2.05, 4.69) is 20.3 Å². The summed E-state index contributed by atoms with van der Waals surface area (Å²) in [4.78, 5) is 28.0. The molecule has 1 amide bonds. The number of nitrogens with one attached hydrogen (secondary N) is 1. The summed E-state index contributed by atoms with van der Waals surface area (Å²) in [5.41, 5.74) is 3.42. The number of benzene rings is 1. The average molecular weight is 381 g/mol. The number of aliphatic imine (C=N–C) groups is 1. The van der Waals surface area contributed by atoms with Crippen molar-refractivity contribution in [3.8, 4) is 5.75 Å². The number of amides is 1. The Hall–Kier alpha value is -3.00. The van der Waals surface area contributed by atoms with Crippen LogP contribution in [-0.2, 0) is 17.7 Å². The molecule has 1 saturated heterocycles. The highest BCUT2D eigenvalue weighted by molar-refractivity contribution is 5.95. The van der Waals surface area contributed by atoms with E-state index in [1.165, 1.54) is 0 Å². The maximum atomic E-state index is 12.7. The third-order valence-corrected chi connectivity index (χ3v) is 4.95. The third-order valence-electron chi connectivity index (χ3n) is 4.95. The van der Waals surface area contributed by atoms with Crippen molar-refractivity contribution in [2.24, 2.45) is 4.99 Å². The second kappa shape index (κ2) is 7.93. The fraction of sp³-hybridized carbons (Fsp3) is 0.400. The second-order valence-electron chi connectivity index (χ2n) is 6.68. The molecule has 0 spiro atoms. The van der Waals surface area contributed by atoms with Crippen LogP contribution in [0, 0.1) is 0 Å². The van der Waals surface area contributed by atoms with Crippen molar-refractivity contribution < 1.29 is 14.3 Å². The van der Waals surface area contributed by atoms with Crippen molar-refractivity contribution in [3.63, 3.8) is 0 Å². The van der Waals surface area contributed by atoms with Gasteiger partial charge in [-0.1, -0.05) is 6.07 Å². The number of aromatic nitrogens is 2. The van der Waals surface area contributed by atoms with Crippen molar-refractivity contribution in [3.05, 3.63) is 46.4 Å². The number of methoxy groups -OCH3 is 1. The van der Waals surface area contributed by atoms with Crippen LogP contribution in [0.4, 0.5) is 5.82 Å². The standard InChI is InChI=1S/C20H23N5O3/c1-21-19-15-11-22-12-16(15)23-18(24-19)10-13-3-4-14(9-17(13)27-2)20(26)25-5-7-28-8-6-25/h3-4,9,11H,5-8,10,12H2,1-2H3,(H,21,23,24). The van der Waals surface area contributed by atoms with Gasteiger partial charge in [-0.3, -0.25) is 9.79 Å². The molecule has 8 heteroatoms. The molecule has 0 aliphatic carbocycles. The molecule has 2 aliphatic heterocycles. The normalized spacial score (nSPS) is 15.4. The monoisotopic (exact) mass is 381 g/mol. The lowest BCUT2D eigenvalue weighted by Crippen LogP contribution is -2.40. The fourth-order valence-corrected chi connectivity index (χ4v) is 3.46. The number of anilines is 1. The first-order valence-electron chi connectivity index (χ1n) is 9.31. The van der Waals surface area contributed by atoms with E-state index in [-0.39, 0.29) is 5.91 Å². The van der Waals surface area contributed by atoms with Crippen molar-refractivity contribution >= 4 is 17.9 Å². The summed E-state index contributed by atoms with van der Waals surface area (Å²) in [5.74, 6) is 2.13. The van der Waals surface area contributed by atoms with Crippen LogP contribution in [0.2, 0.25) is 0 Å². The Bertz CT molecular complexity index is 922. The number of rotatable bonds is 5. The first-order chi connectivity index (χ1) is 13.7. The van der Waals surface area contributed by atoms with Crippen molar-refractivity contribution in [2.45, 2.75) is 13.0 Å². The van der Waals surface area contributed by atoms with Gasteiger partial charge in [0.2, 0.25) is 0 Å². The molecule has 146 valence electrons. The van der Waals surface area contributed by atoms with E-state index in [0.29, 0.717) is 56.4 Å². The van der Waals surface area contributed by atoms with E-state index in [9.17, 15) is 4.79 Å². The Morgan fingerprint density at radius 2 is 2.11 bits per heavy atom. The second-order valence-corrected chi connectivity index (χ2v) is 6.68. The first kappa shape index (κ1) is 18.4. The molecule has 0 saturated carbocycles. The minimum absolute atomic E-state index is 0.00320. The quantitative estimate of drug-likeness (QED) is 0.845. The zero-order chi connectivity index (χ0) is 19.5. The third kappa shape index (κ3) is 3.55. The molecule has 0 unspecified atom stereocenters. The largest absolute Gasteiger partial charge is 0.496 e. The summed E-state index contributed by atoms with van der Waals surface area (Å²) in [5, 5.41) is 3.11. The predicted molar refractivity (Wildman–Crippen MR) is 105 cm³/mol. The summed E-state index contributed by atoms with van der Waals surface area (Å²) in [6, 6.07) is 5.55. The molecule has 2 aliphatic rings. The van der Waals surface area contributed by atoms with E-state index in [1.54, 1.807) is 24.3 Å². The van der Waals surface area contributed by atoms with Crippen LogP contribution in [0.5, 0.6) is 5.75 Å². The van der Waals surface area contributed by atoms with Gasteiger partial charge in [-0.25, -0.2) is 9.97 Å². The SMILES string of the molecule is CNc1nc(Cc2ccc(C(=O)N3CCOCC3)cc2OC)nc2c1C=NC2. The highest BCUT2D eigenvalue weighted by Crippen LogP contribution is 2.25. The smallest absolute Gasteiger partial charge is 0.254 e. The summed E-state index contributed by atoms with van der Waals surface area (Å²) in [6.07, 6.45) is 2.31. The van der Waals surface area contributed by atoms with E-state index in [4.69, 9.17) is 9.47 Å². The lowest BCUT2D eigenvalue weighted by Gasteiger charge is -2.27. The Balaban J connectivity index is 1.58. The molecule has 1 aromatic carbocycles. The maximum Gasteiger partial charge on any atom is 0.254 e. The number of hydrogen-bond donors (Lipinski definition) is 1. The molecule has 0 atom stereocenters. The number of carbonyl (C=O) groups excluding carboxylic acids is 1. The average Bonchev–Trinajstić information content (AvgIpc) is 3.22. The van der Waals surface area contributed by atoms with Crippen LogP contribution in [0.25, 0.3) is 0 Å². The summed E-state index contributed by atoms with van der Waals surface area (Å²) in [6.45, 7) is 2.95. The van der Waals surface area contributed by atoms with E-state index in [1.807, 2.05) is 19.2 Å². The molecule has 0 radical (unpaired) electrons. The number of morpholine rings is 1. The number of nitrogens with zero attached hydrogens (tertiary/aromatic N) is 4. The Kier molecular flexibility index (Phi) is 5.21. The lowest BCUT2D eigenvalue weighted by atomic mass is 10.1. The molecule has 1 fully saturated rings. The van der Waals surface area contributed by atoms with Gasteiger partial charge in [0.05, 0.1) is 38.1 Å². The van der Waals surface area contributed by atoms with Crippen LogP contribution in [-0.4, -0.2) is 67.5 Å². The molecule has 0 bridgehead atoms. The molecule has 1 N–H and O–H groups in total. The van der Waals surface area contributed by atoms with Gasteiger partial charge in [-0.2, -0.15) is 0 Å². The van der Waals surface area contributed by atoms with Gasteiger partial charge < -0.3 is 19.7 Å². The Morgan fingerprint density at radius 1 is 1.29 bits per heavy atom. The van der Waals surface area contributed by atoms with Gasteiger partial charge in [0.15, 0.2) is 0 Å². The van der Waals surface area contributed by atoms with Gasteiger partial charge in [0, 0.05) is 43.9 Å². The molecule has 2 aromatic rings. The molecular weight excluding hydrogens is 358 g/mol. The molecule has 3 heterocycles. The zero-order valence-corrected chi connectivity index (χ0v) is 16.1. The molecule has 4 rings (SSSR count). The predicted octanol–water partition coefficient (Wildman–Crippen LogP) is 1.52. The lowest BCUT2D eigenvalue weighted by molar-refractivity contribution is 0.0302. The maximum absolute atomic E-state index is 12.7. The number of fused-ring (bicyclic) bond motifs is 1. The first-order valence-corrected chi connectivity index (χ1v) is 9.31. The van der Waals surface area contributed by atoms with E-state index in [0.717, 1.165) is 22.6 Å². The molecular formula is C20H23N5O3. The van der Waals surface area contributed by atoms with Gasteiger partial charge in [0.1, 0.15) is 17.4 Å². The highest BCUT2D eigenvalue weighted by Gasteiger charge is 2.21. The van der Waals surface area contributed by atoms with Crippen LogP contribution >= 0.6 is 0 Å². The van der Waals surface area contributed by atoms with Crippen LogP contribution in [0.3, 0.4) is 0 Å². The van der Waals surface area contributed by atoms with Crippen LogP contribution in [0.15, 0.2) is 23.2 Å². The van der Waals surface area contributed by atoms with Gasteiger partial charge in [-0.15, -0.1) is 0 Å². The Morgan fingerprint density at radius 3 is 2.86 bits per heavy atom. The highest BCUT2D eigenvalue weighted by atomic mass is 16.5. The summed E-state index contributed by atoms with van der Waals surface area (Å²) >= 11 is 0. The van der Waals surface area contributed by atoms with Crippen molar-refractivity contribution in [1.29, 1.82) is 0 Å². The number of ether oxygens (including phenoxy) is 2. The van der Waals surface area contributed by atoms with Gasteiger partial charge in [0.25, 0.3) is 5.91 Å².